The molecular weight excluding hydrogens is 304 g/mol. The normalized spacial score (nSPS) is 20.1. The van der Waals surface area contributed by atoms with Crippen molar-refractivity contribution < 1.29 is 17.9 Å². The van der Waals surface area contributed by atoms with Crippen molar-refractivity contribution in [1.82, 2.24) is 9.47 Å². The van der Waals surface area contributed by atoms with Crippen molar-refractivity contribution in [2.24, 2.45) is 7.05 Å². The number of aryl methyl sites for hydroxylation is 1. The van der Waals surface area contributed by atoms with E-state index in [1.165, 1.54) is 16.8 Å². The third kappa shape index (κ3) is 3.16. The van der Waals surface area contributed by atoms with E-state index in [1.54, 1.807) is 19.1 Å². The Hall–Kier alpha value is -1.05. The van der Waals surface area contributed by atoms with Crippen LogP contribution in [0.1, 0.15) is 23.3 Å². The minimum Gasteiger partial charge on any atom is -0.380 e. The number of aromatic nitrogens is 1. The predicted octanol–water partition coefficient (Wildman–Crippen LogP) is 1.20. The minimum absolute atomic E-state index is 0.0317. The molecule has 0 radical (unpaired) electrons. The summed E-state index contributed by atoms with van der Waals surface area (Å²) in [6, 6.07) is 1.31. The fourth-order valence-electron chi connectivity index (χ4n) is 2.36. The lowest BCUT2D eigenvalue weighted by molar-refractivity contribution is 0.0264. The number of nitrogens with zero attached hydrogens (tertiary/aromatic N) is 2. The standard InChI is InChI=1S/C12H17ClN2O4S/c1-14-8-10(20(13,17)18)6-11(14)12(16)15-5-3-4-9(7-15)19-2/h6,8-9H,3-5,7H2,1-2H3. The molecule has 2 rings (SSSR count). The van der Waals surface area contributed by atoms with Crippen molar-refractivity contribution in [2.45, 2.75) is 23.8 Å². The van der Waals surface area contributed by atoms with Crippen molar-refractivity contribution in [3.63, 3.8) is 0 Å². The van der Waals surface area contributed by atoms with Crippen LogP contribution in [0.3, 0.4) is 0 Å². The van der Waals surface area contributed by atoms with E-state index >= 15 is 0 Å². The zero-order valence-corrected chi connectivity index (χ0v) is 12.9. The van der Waals surface area contributed by atoms with E-state index < -0.39 is 9.05 Å². The molecule has 2 heterocycles. The third-order valence-corrected chi connectivity index (χ3v) is 4.80. The number of rotatable bonds is 3. The first-order valence-corrected chi connectivity index (χ1v) is 8.57. The summed E-state index contributed by atoms with van der Waals surface area (Å²) in [4.78, 5) is 14.0. The molecule has 6 nitrogen and oxygen atoms in total. The van der Waals surface area contributed by atoms with E-state index in [2.05, 4.69) is 0 Å². The van der Waals surface area contributed by atoms with Crippen LogP contribution in [0.2, 0.25) is 0 Å². The highest BCUT2D eigenvalue weighted by Crippen LogP contribution is 2.21. The first-order valence-electron chi connectivity index (χ1n) is 6.26. The molecule has 8 heteroatoms. The van der Waals surface area contributed by atoms with E-state index in [0.29, 0.717) is 18.8 Å². The lowest BCUT2D eigenvalue weighted by Gasteiger charge is -2.31. The molecule has 20 heavy (non-hydrogen) atoms. The molecule has 0 spiro atoms. The summed E-state index contributed by atoms with van der Waals surface area (Å²) < 4.78 is 29.4. The molecule has 1 atom stereocenters. The molecular formula is C12H17ClN2O4S. The monoisotopic (exact) mass is 320 g/mol. The molecule has 0 aromatic carbocycles. The number of hydrogen-bond acceptors (Lipinski definition) is 4. The summed E-state index contributed by atoms with van der Waals surface area (Å²) in [7, 11) is 4.71. The lowest BCUT2D eigenvalue weighted by atomic mass is 10.1. The van der Waals surface area contributed by atoms with Gasteiger partial charge in [-0.1, -0.05) is 0 Å². The van der Waals surface area contributed by atoms with Gasteiger partial charge in [0.25, 0.3) is 15.0 Å². The second kappa shape index (κ2) is 5.75. The number of likely N-dealkylation sites (tertiary alicyclic amines) is 1. The topological polar surface area (TPSA) is 68.6 Å². The lowest BCUT2D eigenvalue weighted by Crippen LogP contribution is -2.43. The van der Waals surface area contributed by atoms with Crippen LogP contribution in [-0.4, -0.2) is 50.1 Å². The minimum atomic E-state index is -3.83. The van der Waals surface area contributed by atoms with Crippen molar-refractivity contribution in [3.8, 4) is 0 Å². The number of ether oxygens (including phenoxy) is 1. The molecule has 1 saturated heterocycles. The van der Waals surface area contributed by atoms with Gasteiger partial charge in [-0.3, -0.25) is 4.79 Å². The Morgan fingerprint density at radius 3 is 2.75 bits per heavy atom. The molecule has 0 N–H and O–H groups in total. The Morgan fingerprint density at radius 2 is 2.20 bits per heavy atom. The second-order valence-electron chi connectivity index (χ2n) is 4.86. The molecule has 0 bridgehead atoms. The van der Waals surface area contributed by atoms with Crippen LogP contribution in [0, 0.1) is 0 Å². The summed E-state index contributed by atoms with van der Waals surface area (Å²) in [5.41, 5.74) is 0.306. The van der Waals surface area contributed by atoms with Gasteiger partial charge in [0.1, 0.15) is 10.6 Å². The summed E-state index contributed by atoms with van der Waals surface area (Å²) in [6.07, 6.45) is 3.17. The van der Waals surface area contributed by atoms with Crippen LogP contribution in [0.25, 0.3) is 0 Å². The van der Waals surface area contributed by atoms with Crippen LogP contribution in [-0.2, 0) is 20.8 Å². The second-order valence-corrected chi connectivity index (χ2v) is 7.43. The van der Waals surface area contributed by atoms with Crippen LogP contribution < -0.4 is 0 Å². The van der Waals surface area contributed by atoms with Crippen LogP contribution in [0.15, 0.2) is 17.2 Å². The first kappa shape index (κ1) is 15.3. The maximum absolute atomic E-state index is 12.4. The molecule has 1 aromatic heterocycles. The molecule has 0 aliphatic carbocycles. The molecule has 1 unspecified atom stereocenters. The number of carbonyl (C=O) groups excluding carboxylic acids is 1. The van der Waals surface area contributed by atoms with Gasteiger partial charge in [0, 0.05) is 44.1 Å². The number of carbonyl (C=O) groups is 1. The predicted molar refractivity (Wildman–Crippen MR) is 74.4 cm³/mol. The van der Waals surface area contributed by atoms with Gasteiger partial charge in [0.2, 0.25) is 0 Å². The van der Waals surface area contributed by atoms with Gasteiger partial charge >= 0.3 is 0 Å². The van der Waals surface area contributed by atoms with Gasteiger partial charge in [-0.05, 0) is 18.9 Å². The van der Waals surface area contributed by atoms with Crippen LogP contribution in [0.5, 0.6) is 0 Å². The van der Waals surface area contributed by atoms with E-state index in [1.807, 2.05) is 0 Å². The largest absolute Gasteiger partial charge is 0.380 e. The van der Waals surface area contributed by atoms with E-state index in [-0.39, 0.29) is 16.9 Å². The average molecular weight is 321 g/mol. The SMILES string of the molecule is COC1CCCN(C(=O)c2cc(S(=O)(=O)Cl)cn2C)C1. The molecule has 112 valence electrons. The summed E-state index contributed by atoms with van der Waals surface area (Å²) >= 11 is 0. The smallest absolute Gasteiger partial charge is 0.270 e. The van der Waals surface area contributed by atoms with E-state index in [9.17, 15) is 13.2 Å². The van der Waals surface area contributed by atoms with Crippen LogP contribution >= 0.6 is 10.7 Å². The zero-order valence-electron chi connectivity index (χ0n) is 11.4. The van der Waals surface area contributed by atoms with Gasteiger partial charge in [-0.15, -0.1) is 0 Å². The number of amides is 1. The fourth-order valence-corrected chi connectivity index (χ4v) is 3.15. The van der Waals surface area contributed by atoms with Gasteiger partial charge in [-0.2, -0.15) is 0 Å². The Balaban J connectivity index is 2.23. The molecule has 1 aliphatic rings. The highest BCUT2D eigenvalue weighted by atomic mass is 35.7. The fraction of sp³-hybridized carbons (Fsp3) is 0.583. The first-order chi connectivity index (χ1) is 9.32. The van der Waals surface area contributed by atoms with Crippen molar-refractivity contribution in [3.05, 3.63) is 18.0 Å². The number of hydrogen-bond donors (Lipinski definition) is 0. The molecule has 1 aliphatic heterocycles. The Labute approximate surface area is 122 Å². The van der Waals surface area contributed by atoms with Gasteiger partial charge < -0.3 is 14.2 Å². The number of methoxy groups -OCH3 is 1. The van der Waals surface area contributed by atoms with Crippen molar-refractivity contribution in [1.29, 1.82) is 0 Å². The van der Waals surface area contributed by atoms with Crippen molar-refractivity contribution >= 4 is 25.6 Å². The molecule has 1 aromatic rings. The Morgan fingerprint density at radius 1 is 1.50 bits per heavy atom. The molecule has 0 saturated carbocycles. The number of halogens is 1. The highest BCUT2D eigenvalue weighted by molar-refractivity contribution is 8.13. The zero-order chi connectivity index (χ0) is 14.9. The summed E-state index contributed by atoms with van der Waals surface area (Å²) in [5.74, 6) is -0.208. The summed E-state index contributed by atoms with van der Waals surface area (Å²) in [6.45, 7) is 1.16. The van der Waals surface area contributed by atoms with Gasteiger partial charge in [0.05, 0.1) is 6.10 Å². The molecule has 1 amide bonds. The molecule has 1 fully saturated rings. The maximum atomic E-state index is 12.4. The summed E-state index contributed by atoms with van der Waals surface area (Å²) in [5, 5.41) is 0. The average Bonchev–Trinajstić information content (AvgIpc) is 2.80. The maximum Gasteiger partial charge on any atom is 0.270 e. The van der Waals surface area contributed by atoms with Crippen LogP contribution in [0.4, 0.5) is 0 Å². The quantitative estimate of drug-likeness (QED) is 0.785. The van der Waals surface area contributed by atoms with E-state index in [4.69, 9.17) is 15.4 Å². The van der Waals surface area contributed by atoms with Gasteiger partial charge in [-0.25, -0.2) is 8.42 Å². The van der Waals surface area contributed by atoms with E-state index in [0.717, 1.165) is 12.8 Å². The highest BCUT2D eigenvalue weighted by Gasteiger charge is 2.27. The van der Waals surface area contributed by atoms with Gasteiger partial charge in [0.15, 0.2) is 0 Å². The van der Waals surface area contributed by atoms with Crippen molar-refractivity contribution in [2.75, 3.05) is 20.2 Å². The number of piperidine rings is 1. The third-order valence-electron chi connectivity index (χ3n) is 3.48. The Kier molecular flexibility index (Phi) is 4.41. The Bertz CT molecular complexity index is 611.